The van der Waals surface area contributed by atoms with Gasteiger partial charge in [0.2, 0.25) is 0 Å². The first-order valence-electron chi connectivity index (χ1n) is 7.44. The Morgan fingerprint density at radius 2 is 1.14 bits per heavy atom. The zero-order valence-corrected chi connectivity index (χ0v) is 12.4. The quantitative estimate of drug-likeness (QED) is 0.791. The number of benzene rings is 1. The molecule has 0 aromatic heterocycles. The molecule has 1 heterocycles. The highest BCUT2D eigenvalue weighted by Crippen LogP contribution is 2.17. The standard InChI is InChI=1S/C16H24O5/c1-2-4-15(5-3-1)16-14-20-11-10-18-7-6-17-8-9-19-12-13-21-16/h1-5,16H,6-14H2. The highest BCUT2D eigenvalue weighted by molar-refractivity contribution is 5.17. The van der Waals surface area contributed by atoms with E-state index in [1.54, 1.807) is 0 Å². The van der Waals surface area contributed by atoms with Gasteiger partial charge in [-0.15, -0.1) is 0 Å². The first-order chi connectivity index (χ1) is 10.5. The zero-order chi connectivity index (χ0) is 14.6. The Labute approximate surface area is 126 Å². The molecule has 5 nitrogen and oxygen atoms in total. The molecule has 0 spiro atoms. The highest BCUT2D eigenvalue weighted by atomic mass is 16.6. The van der Waals surface area contributed by atoms with Gasteiger partial charge in [0.25, 0.3) is 0 Å². The van der Waals surface area contributed by atoms with Crippen molar-refractivity contribution in [1.29, 1.82) is 0 Å². The van der Waals surface area contributed by atoms with Gasteiger partial charge in [0.15, 0.2) is 0 Å². The van der Waals surface area contributed by atoms with Crippen LogP contribution in [-0.2, 0) is 23.7 Å². The van der Waals surface area contributed by atoms with E-state index in [4.69, 9.17) is 23.7 Å². The molecule has 0 saturated carbocycles. The topological polar surface area (TPSA) is 46.2 Å². The molecule has 1 aliphatic heterocycles. The van der Waals surface area contributed by atoms with Gasteiger partial charge in [0.1, 0.15) is 6.10 Å². The molecule has 1 unspecified atom stereocenters. The van der Waals surface area contributed by atoms with Gasteiger partial charge in [0.05, 0.1) is 59.5 Å². The Bertz CT molecular complexity index is 341. The summed E-state index contributed by atoms with van der Waals surface area (Å²) in [5.41, 5.74) is 1.12. The highest BCUT2D eigenvalue weighted by Gasteiger charge is 2.12. The molecule has 0 amide bonds. The molecule has 5 heteroatoms. The lowest BCUT2D eigenvalue weighted by Gasteiger charge is -2.18. The minimum absolute atomic E-state index is 0.0730. The fourth-order valence-corrected chi connectivity index (χ4v) is 2.01. The normalized spacial score (nSPS) is 23.9. The summed E-state index contributed by atoms with van der Waals surface area (Å²) in [7, 11) is 0. The van der Waals surface area contributed by atoms with Crippen LogP contribution in [0.25, 0.3) is 0 Å². The summed E-state index contributed by atoms with van der Waals surface area (Å²) in [4.78, 5) is 0. The SMILES string of the molecule is c1ccc(C2COCCOCCOCCOCCO2)cc1. The summed E-state index contributed by atoms with van der Waals surface area (Å²) in [5, 5.41) is 0. The van der Waals surface area contributed by atoms with Crippen molar-refractivity contribution in [2.45, 2.75) is 6.10 Å². The lowest BCUT2D eigenvalue weighted by molar-refractivity contribution is -0.0471. The molecular weight excluding hydrogens is 272 g/mol. The molecule has 21 heavy (non-hydrogen) atoms. The van der Waals surface area contributed by atoms with Gasteiger partial charge in [-0.3, -0.25) is 0 Å². The third-order valence-electron chi connectivity index (χ3n) is 3.10. The average Bonchev–Trinajstić information content (AvgIpc) is 2.54. The summed E-state index contributed by atoms with van der Waals surface area (Å²) in [6.07, 6.45) is -0.0730. The Hall–Kier alpha value is -0.980. The molecule has 1 aliphatic rings. The molecule has 1 atom stereocenters. The number of hydrogen-bond acceptors (Lipinski definition) is 5. The van der Waals surface area contributed by atoms with Crippen LogP contribution in [0.1, 0.15) is 11.7 Å². The predicted octanol–water partition coefficient (Wildman–Crippen LogP) is 1.82. The van der Waals surface area contributed by atoms with Gasteiger partial charge >= 0.3 is 0 Å². The van der Waals surface area contributed by atoms with Crippen molar-refractivity contribution in [3.8, 4) is 0 Å². The largest absolute Gasteiger partial charge is 0.377 e. The Morgan fingerprint density at radius 3 is 1.76 bits per heavy atom. The molecule has 1 aromatic rings. The molecule has 0 bridgehead atoms. The number of rotatable bonds is 1. The third kappa shape index (κ3) is 7.02. The Morgan fingerprint density at radius 1 is 0.619 bits per heavy atom. The molecule has 1 aromatic carbocycles. The van der Waals surface area contributed by atoms with Gasteiger partial charge in [-0.1, -0.05) is 30.3 Å². The van der Waals surface area contributed by atoms with Crippen LogP contribution in [0.15, 0.2) is 30.3 Å². The van der Waals surface area contributed by atoms with Gasteiger partial charge in [-0.2, -0.15) is 0 Å². The molecule has 0 aliphatic carbocycles. The van der Waals surface area contributed by atoms with Crippen LogP contribution >= 0.6 is 0 Å². The van der Waals surface area contributed by atoms with Crippen LogP contribution in [-0.4, -0.2) is 59.5 Å². The maximum absolute atomic E-state index is 5.87. The van der Waals surface area contributed by atoms with Crippen LogP contribution in [0.4, 0.5) is 0 Å². The molecule has 1 fully saturated rings. The van der Waals surface area contributed by atoms with E-state index < -0.39 is 0 Å². The maximum atomic E-state index is 5.87. The molecule has 0 N–H and O–H groups in total. The van der Waals surface area contributed by atoms with Crippen LogP contribution in [0.3, 0.4) is 0 Å². The first-order valence-corrected chi connectivity index (χ1v) is 7.44. The van der Waals surface area contributed by atoms with E-state index in [1.165, 1.54) is 0 Å². The minimum atomic E-state index is -0.0730. The maximum Gasteiger partial charge on any atom is 0.106 e. The van der Waals surface area contributed by atoms with E-state index in [1.807, 2.05) is 30.3 Å². The van der Waals surface area contributed by atoms with Crippen molar-refractivity contribution >= 4 is 0 Å². The number of ether oxygens (including phenoxy) is 5. The van der Waals surface area contributed by atoms with E-state index in [2.05, 4.69) is 0 Å². The monoisotopic (exact) mass is 296 g/mol. The molecule has 1 saturated heterocycles. The van der Waals surface area contributed by atoms with Crippen LogP contribution < -0.4 is 0 Å². The fraction of sp³-hybridized carbons (Fsp3) is 0.625. The van der Waals surface area contributed by atoms with Gasteiger partial charge < -0.3 is 23.7 Å². The van der Waals surface area contributed by atoms with Gasteiger partial charge in [0, 0.05) is 0 Å². The zero-order valence-electron chi connectivity index (χ0n) is 12.4. The van der Waals surface area contributed by atoms with E-state index in [0.717, 1.165) is 5.56 Å². The lowest BCUT2D eigenvalue weighted by atomic mass is 10.1. The number of hydrogen-bond donors (Lipinski definition) is 0. The van der Waals surface area contributed by atoms with Crippen molar-refractivity contribution < 1.29 is 23.7 Å². The Balaban J connectivity index is 1.83. The summed E-state index contributed by atoms with van der Waals surface area (Å²) in [6.45, 7) is 5.09. The average molecular weight is 296 g/mol. The summed E-state index contributed by atoms with van der Waals surface area (Å²) < 4.78 is 27.8. The molecule has 118 valence electrons. The van der Waals surface area contributed by atoms with Gasteiger partial charge in [-0.25, -0.2) is 0 Å². The van der Waals surface area contributed by atoms with Crippen molar-refractivity contribution in [2.24, 2.45) is 0 Å². The van der Waals surface area contributed by atoms with Crippen molar-refractivity contribution in [2.75, 3.05) is 59.5 Å². The predicted molar refractivity (Wildman–Crippen MR) is 78.4 cm³/mol. The third-order valence-corrected chi connectivity index (χ3v) is 3.10. The van der Waals surface area contributed by atoms with E-state index in [-0.39, 0.29) is 6.10 Å². The van der Waals surface area contributed by atoms with E-state index in [0.29, 0.717) is 59.5 Å². The molecule has 2 rings (SSSR count). The Kier molecular flexibility index (Phi) is 8.36. The second kappa shape index (κ2) is 10.7. The molecular formula is C16H24O5. The summed E-state index contributed by atoms with van der Waals surface area (Å²) in [6, 6.07) is 10.1. The van der Waals surface area contributed by atoms with E-state index >= 15 is 0 Å². The summed E-state index contributed by atoms with van der Waals surface area (Å²) in [5.74, 6) is 0. The van der Waals surface area contributed by atoms with Crippen molar-refractivity contribution in [3.63, 3.8) is 0 Å². The minimum Gasteiger partial charge on any atom is -0.377 e. The van der Waals surface area contributed by atoms with Gasteiger partial charge in [-0.05, 0) is 5.56 Å². The second-order valence-electron chi connectivity index (χ2n) is 4.68. The second-order valence-corrected chi connectivity index (χ2v) is 4.68. The van der Waals surface area contributed by atoms with E-state index in [9.17, 15) is 0 Å². The smallest absolute Gasteiger partial charge is 0.106 e. The van der Waals surface area contributed by atoms with Crippen molar-refractivity contribution in [1.82, 2.24) is 0 Å². The molecule has 0 radical (unpaired) electrons. The summed E-state index contributed by atoms with van der Waals surface area (Å²) >= 11 is 0. The van der Waals surface area contributed by atoms with Crippen LogP contribution in [0.5, 0.6) is 0 Å². The van der Waals surface area contributed by atoms with Crippen LogP contribution in [0, 0.1) is 0 Å². The van der Waals surface area contributed by atoms with Crippen molar-refractivity contribution in [3.05, 3.63) is 35.9 Å². The van der Waals surface area contributed by atoms with Crippen LogP contribution in [0.2, 0.25) is 0 Å². The fourth-order valence-electron chi connectivity index (χ4n) is 2.01. The lowest BCUT2D eigenvalue weighted by Crippen LogP contribution is -2.17. The first kappa shape index (κ1) is 16.4.